The van der Waals surface area contributed by atoms with Gasteiger partial charge in [-0.1, -0.05) is 65.8 Å². The lowest BCUT2D eigenvalue weighted by molar-refractivity contribution is 0.0952. The van der Waals surface area contributed by atoms with Crippen LogP contribution in [0.1, 0.15) is 28.0 Å². The summed E-state index contributed by atoms with van der Waals surface area (Å²) in [5.74, 6) is -0.150. The van der Waals surface area contributed by atoms with Crippen LogP contribution >= 0.6 is 23.4 Å². The van der Waals surface area contributed by atoms with Gasteiger partial charge in [0.2, 0.25) is 0 Å². The highest BCUT2D eigenvalue weighted by Crippen LogP contribution is 2.27. The highest BCUT2D eigenvalue weighted by Gasteiger charge is 2.19. The second-order valence-electron chi connectivity index (χ2n) is 6.37. The SMILES string of the molecule is CSc1nc(C)c(C(=O)NCCCc2ccccc2)c(-c2ccc(Cl)cc2)n1. The van der Waals surface area contributed by atoms with Crippen molar-refractivity contribution in [2.45, 2.75) is 24.9 Å². The minimum absolute atomic E-state index is 0.150. The zero-order chi connectivity index (χ0) is 19.9. The molecule has 1 amide bonds. The normalized spacial score (nSPS) is 10.7. The molecule has 6 heteroatoms. The molecule has 0 saturated carbocycles. The van der Waals surface area contributed by atoms with Crippen LogP contribution < -0.4 is 5.32 Å². The second kappa shape index (κ2) is 9.71. The number of rotatable bonds is 7. The molecular formula is C22H22ClN3OS. The molecule has 144 valence electrons. The van der Waals surface area contributed by atoms with Gasteiger partial charge in [-0.25, -0.2) is 9.97 Å². The fraction of sp³-hybridized carbons (Fsp3) is 0.227. The molecule has 3 aromatic rings. The number of aryl methyl sites for hydroxylation is 2. The third-order valence-electron chi connectivity index (χ3n) is 4.37. The van der Waals surface area contributed by atoms with E-state index in [-0.39, 0.29) is 5.91 Å². The Morgan fingerprint density at radius 3 is 2.46 bits per heavy atom. The van der Waals surface area contributed by atoms with E-state index in [2.05, 4.69) is 27.4 Å². The molecule has 1 heterocycles. The van der Waals surface area contributed by atoms with Crippen molar-refractivity contribution in [3.63, 3.8) is 0 Å². The van der Waals surface area contributed by atoms with Gasteiger partial charge in [-0.2, -0.15) is 0 Å². The molecule has 4 nitrogen and oxygen atoms in total. The number of hydrogen-bond donors (Lipinski definition) is 1. The van der Waals surface area contributed by atoms with E-state index in [0.717, 1.165) is 18.4 Å². The van der Waals surface area contributed by atoms with Crippen molar-refractivity contribution in [2.24, 2.45) is 0 Å². The molecule has 0 radical (unpaired) electrons. The lowest BCUT2D eigenvalue weighted by atomic mass is 10.0. The first-order chi connectivity index (χ1) is 13.6. The standard InChI is InChI=1S/C22H22ClN3OS/c1-15-19(21(27)24-14-6-9-16-7-4-3-5-8-16)20(26-22(25-15)28-2)17-10-12-18(23)13-11-17/h3-5,7-8,10-13H,6,9,14H2,1-2H3,(H,24,27). The topological polar surface area (TPSA) is 54.9 Å². The predicted octanol–water partition coefficient (Wildman–Crippen LogP) is 5.19. The summed E-state index contributed by atoms with van der Waals surface area (Å²) in [5.41, 5.74) is 3.93. The monoisotopic (exact) mass is 411 g/mol. The molecule has 2 aromatic carbocycles. The first-order valence-corrected chi connectivity index (χ1v) is 10.7. The van der Waals surface area contributed by atoms with Gasteiger partial charge in [0.05, 0.1) is 17.0 Å². The number of hydrogen-bond acceptors (Lipinski definition) is 4. The minimum atomic E-state index is -0.150. The summed E-state index contributed by atoms with van der Waals surface area (Å²) in [5, 5.41) is 4.30. The summed E-state index contributed by atoms with van der Waals surface area (Å²) in [7, 11) is 0. The van der Waals surface area contributed by atoms with Gasteiger partial charge in [-0.05, 0) is 43.7 Å². The van der Waals surface area contributed by atoms with Gasteiger partial charge < -0.3 is 5.32 Å². The lowest BCUT2D eigenvalue weighted by Crippen LogP contribution is -2.27. The average Bonchev–Trinajstić information content (AvgIpc) is 2.71. The van der Waals surface area contributed by atoms with E-state index in [1.165, 1.54) is 17.3 Å². The largest absolute Gasteiger partial charge is 0.352 e. The van der Waals surface area contributed by atoms with Gasteiger partial charge in [0, 0.05) is 17.1 Å². The summed E-state index contributed by atoms with van der Waals surface area (Å²) in [6.07, 6.45) is 3.71. The number of halogens is 1. The lowest BCUT2D eigenvalue weighted by Gasteiger charge is -2.13. The number of amides is 1. The van der Waals surface area contributed by atoms with Crippen LogP contribution in [0, 0.1) is 6.92 Å². The maximum Gasteiger partial charge on any atom is 0.255 e. The maximum atomic E-state index is 12.9. The summed E-state index contributed by atoms with van der Waals surface area (Å²) >= 11 is 7.46. The predicted molar refractivity (Wildman–Crippen MR) is 116 cm³/mol. The van der Waals surface area contributed by atoms with Gasteiger partial charge in [-0.15, -0.1) is 0 Å². The molecule has 0 unspecified atom stereocenters. The van der Waals surface area contributed by atoms with Crippen LogP contribution in [-0.2, 0) is 6.42 Å². The summed E-state index contributed by atoms with van der Waals surface area (Å²) in [4.78, 5) is 22.0. The fourth-order valence-corrected chi connectivity index (χ4v) is 3.49. The molecule has 0 atom stereocenters. The first kappa shape index (κ1) is 20.4. The summed E-state index contributed by atoms with van der Waals surface area (Å²) in [6.45, 7) is 2.44. The molecule has 1 aromatic heterocycles. The second-order valence-corrected chi connectivity index (χ2v) is 7.58. The Morgan fingerprint density at radius 2 is 1.79 bits per heavy atom. The van der Waals surface area contributed by atoms with Gasteiger partial charge in [-0.3, -0.25) is 4.79 Å². The van der Waals surface area contributed by atoms with Crippen LogP contribution in [0.15, 0.2) is 59.8 Å². The molecule has 0 aliphatic carbocycles. The van der Waals surface area contributed by atoms with Gasteiger partial charge in [0.15, 0.2) is 5.16 Å². The van der Waals surface area contributed by atoms with E-state index in [4.69, 9.17) is 11.6 Å². The number of nitrogens with one attached hydrogen (secondary N) is 1. The number of thioether (sulfide) groups is 1. The molecule has 0 aliphatic rings. The molecule has 0 aliphatic heterocycles. The van der Waals surface area contributed by atoms with E-state index >= 15 is 0 Å². The van der Waals surface area contributed by atoms with Crippen LogP contribution in [0.3, 0.4) is 0 Å². The van der Waals surface area contributed by atoms with Gasteiger partial charge in [0.1, 0.15) is 0 Å². The van der Waals surface area contributed by atoms with Crippen molar-refractivity contribution in [1.29, 1.82) is 0 Å². The third-order valence-corrected chi connectivity index (χ3v) is 5.17. The number of benzene rings is 2. The molecule has 0 bridgehead atoms. The van der Waals surface area contributed by atoms with Gasteiger partial charge >= 0.3 is 0 Å². The van der Waals surface area contributed by atoms with Crippen LogP contribution in [0.5, 0.6) is 0 Å². The van der Waals surface area contributed by atoms with Crippen LogP contribution in [0.25, 0.3) is 11.3 Å². The van der Waals surface area contributed by atoms with Crippen molar-refractivity contribution >= 4 is 29.3 Å². The van der Waals surface area contributed by atoms with E-state index in [9.17, 15) is 4.79 Å². The molecule has 3 rings (SSSR count). The fourth-order valence-electron chi connectivity index (χ4n) is 2.95. The molecule has 0 fully saturated rings. The molecule has 0 spiro atoms. The highest BCUT2D eigenvalue weighted by atomic mass is 35.5. The van der Waals surface area contributed by atoms with Crippen LogP contribution in [-0.4, -0.2) is 28.7 Å². The third kappa shape index (κ3) is 5.12. The van der Waals surface area contributed by atoms with Crippen molar-refractivity contribution in [1.82, 2.24) is 15.3 Å². The van der Waals surface area contributed by atoms with E-state index in [1.807, 2.05) is 43.5 Å². The smallest absolute Gasteiger partial charge is 0.255 e. The Hall–Kier alpha value is -2.37. The summed E-state index contributed by atoms with van der Waals surface area (Å²) < 4.78 is 0. The number of carbonyl (C=O) groups excluding carboxylic acids is 1. The van der Waals surface area contributed by atoms with Crippen LogP contribution in [0.2, 0.25) is 5.02 Å². The molecule has 1 N–H and O–H groups in total. The Balaban J connectivity index is 1.77. The van der Waals surface area contributed by atoms with Crippen molar-refractivity contribution < 1.29 is 4.79 Å². The van der Waals surface area contributed by atoms with E-state index < -0.39 is 0 Å². The van der Waals surface area contributed by atoms with Gasteiger partial charge in [0.25, 0.3) is 5.91 Å². The zero-order valence-electron chi connectivity index (χ0n) is 15.9. The Kier molecular flexibility index (Phi) is 7.06. The number of nitrogens with zero attached hydrogens (tertiary/aromatic N) is 2. The number of aromatic nitrogens is 2. The van der Waals surface area contributed by atoms with Crippen molar-refractivity contribution in [3.05, 3.63) is 76.4 Å². The molecule has 28 heavy (non-hydrogen) atoms. The quantitative estimate of drug-likeness (QED) is 0.330. The molecule has 0 saturated heterocycles. The Bertz CT molecular complexity index is 946. The first-order valence-electron chi connectivity index (χ1n) is 9.09. The maximum absolute atomic E-state index is 12.9. The van der Waals surface area contributed by atoms with E-state index in [0.29, 0.717) is 33.7 Å². The Labute approximate surface area is 174 Å². The van der Waals surface area contributed by atoms with Crippen molar-refractivity contribution in [3.8, 4) is 11.3 Å². The zero-order valence-corrected chi connectivity index (χ0v) is 17.5. The Morgan fingerprint density at radius 1 is 1.07 bits per heavy atom. The summed E-state index contributed by atoms with van der Waals surface area (Å²) in [6, 6.07) is 17.6. The van der Waals surface area contributed by atoms with E-state index in [1.54, 1.807) is 12.1 Å². The van der Waals surface area contributed by atoms with Crippen LogP contribution in [0.4, 0.5) is 0 Å². The number of carbonyl (C=O) groups is 1. The average molecular weight is 412 g/mol. The highest BCUT2D eigenvalue weighted by molar-refractivity contribution is 7.98. The molecular weight excluding hydrogens is 390 g/mol. The minimum Gasteiger partial charge on any atom is -0.352 e. The van der Waals surface area contributed by atoms with Crippen molar-refractivity contribution in [2.75, 3.05) is 12.8 Å².